The maximum absolute atomic E-state index is 13.3. The summed E-state index contributed by atoms with van der Waals surface area (Å²) < 4.78 is 18.0. The second-order valence-corrected chi connectivity index (χ2v) is 9.55. The van der Waals surface area contributed by atoms with Crippen LogP contribution in [0.5, 0.6) is 11.5 Å². The van der Waals surface area contributed by atoms with Crippen molar-refractivity contribution in [3.05, 3.63) is 50.4 Å². The van der Waals surface area contributed by atoms with Crippen LogP contribution in [0, 0.1) is 12.8 Å². The second-order valence-electron chi connectivity index (χ2n) is 8.46. The number of ether oxygens (including phenoxy) is 3. The van der Waals surface area contributed by atoms with Gasteiger partial charge in [-0.05, 0) is 55.4 Å². The molecule has 8 heteroatoms. The summed E-state index contributed by atoms with van der Waals surface area (Å²) in [5.74, 6) is 2.70. The third-order valence-corrected chi connectivity index (χ3v) is 7.16. The molecule has 164 valence electrons. The monoisotopic (exact) mass is 442 g/mol. The van der Waals surface area contributed by atoms with Crippen molar-refractivity contribution in [2.75, 3.05) is 13.4 Å². The van der Waals surface area contributed by atoms with Gasteiger partial charge in [-0.25, -0.2) is 4.98 Å². The molecule has 1 aliphatic heterocycles. The first-order valence-corrected chi connectivity index (χ1v) is 11.5. The van der Waals surface area contributed by atoms with E-state index in [0.717, 1.165) is 46.4 Å². The van der Waals surface area contributed by atoms with Gasteiger partial charge in [0.1, 0.15) is 10.7 Å². The van der Waals surface area contributed by atoms with Crippen LogP contribution in [0.1, 0.15) is 35.2 Å². The summed E-state index contributed by atoms with van der Waals surface area (Å²) in [6, 6.07) is 5.64. The highest BCUT2D eigenvalue weighted by atomic mass is 32.1. The zero-order valence-corrected chi connectivity index (χ0v) is 18.5. The van der Waals surface area contributed by atoms with Crippen LogP contribution in [-0.2, 0) is 30.7 Å². The minimum Gasteiger partial charge on any atom is -0.454 e. The Kier molecular flexibility index (Phi) is 5.45. The topological polar surface area (TPSA) is 82.8 Å². The number of aryl methyl sites for hydroxylation is 2. The Morgan fingerprint density at radius 1 is 1.35 bits per heavy atom. The molecule has 3 heterocycles. The van der Waals surface area contributed by atoms with Crippen LogP contribution in [0.2, 0.25) is 0 Å². The Morgan fingerprint density at radius 3 is 3.06 bits per heavy atom. The van der Waals surface area contributed by atoms with Crippen molar-refractivity contribution in [3.63, 3.8) is 0 Å². The van der Waals surface area contributed by atoms with E-state index in [4.69, 9.17) is 14.2 Å². The molecule has 2 aromatic heterocycles. The molecule has 0 fully saturated rings. The smallest absolute Gasteiger partial charge is 0.262 e. The molecule has 2 atom stereocenters. The van der Waals surface area contributed by atoms with Gasteiger partial charge in [0.2, 0.25) is 6.79 Å². The first kappa shape index (κ1) is 20.5. The molecule has 1 N–H and O–H groups in total. The molecule has 2 aliphatic rings. The molecule has 0 radical (unpaired) electrons. The highest BCUT2D eigenvalue weighted by Crippen LogP contribution is 2.36. The maximum atomic E-state index is 13.3. The van der Waals surface area contributed by atoms with Crippen LogP contribution in [0.4, 0.5) is 0 Å². The van der Waals surface area contributed by atoms with Crippen LogP contribution in [0.3, 0.4) is 0 Å². The molecule has 0 amide bonds. The first-order valence-electron chi connectivity index (χ1n) is 10.7. The number of fused-ring (bicyclic) bond motifs is 4. The lowest BCUT2D eigenvalue weighted by Gasteiger charge is -2.18. The van der Waals surface area contributed by atoms with E-state index in [1.165, 1.54) is 4.88 Å². The summed E-state index contributed by atoms with van der Waals surface area (Å²) in [6.07, 6.45) is 2.24. The number of hydrogen-bond acceptors (Lipinski definition) is 7. The van der Waals surface area contributed by atoms with Crippen LogP contribution in [0.15, 0.2) is 23.0 Å². The third-order valence-electron chi connectivity index (χ3n) is 6.02. The van der Waals surface area contributed by atoms with E-state index in [-0.39, 0.29) is 25.5 Å². The van der Waals surface area contributed by atoms with E-state index in [0.29, 0.717) is 24.1 Å². The summed E-state index contributed by atoms with van der Waals surface area (Å²) >= 11 is 1.65. The van der Waals surface area contributed by atoms with Gasteiger partial charge in [-0.2, -0.15) is 0 Å². The number of hydrogen-bond donors (Lipinski definition) is 1. The standard InChI is InChI=1S/C23H26N2O5S/c1-13-3-5-17-20(7-13)31-22-21(17)23(27)25(14(2)24-22)9-16(26)11-28-10-15-4-6-18-19(8-15)30-12-29-18/h4,6,8,13,16,26H,3,5,7,9-12H2,1-2H3/t13-,16-/m1/s1. The van der Waals surface area contributed by atoms with Gasteiger partial charge in [0, 0.05) is 4.88 Å². The van der Waals surface area contributed by atoms with Gasteiger partial charge in [0.15, 0.2) is 11.5 Å². The Morgan fingerprint density at radius 2 is 2.19 bits per heavy atom. The lowest BCUT2D eigenvalue weighted by Crippen LogP contribution is -2.31. The van der Waals surface area contributed by atoms with Crippen LogP contribution < -0.4 is 15.0 Å². The van der Waals surface area contributed by atoms with Gasteiger partial charge in [0.05, 0.1) is 31.2 Å². The molecule has 0 spiro atoms. The van der Waals surface area contributed by atoms with Crippen molar-refractivity contribution in [1.82, 2.24) is 9.55 Å². The van der Waals surface area contributed by atoms with E-state index in [2.05, 4.69) is 11.9 Å². The summed E-state index contributed by atoms with van der Waals surface area (Å²) in [6.45, 7) is 4.94. The predicted molar refractivity (Wildman–Crippen MR) is 118 cm³/mol. The lowest BCUT2D eigenvalue weighted by molar-refractivity contribution is 0.0195. The van der Waals surface area contributed by atoms with Gasteiger partial charge < -0.3 is 19.3 Å². The van der Waals surface area contributed by atoms with Gasteiger partial charge in [0.25, 0.3) is 5.56 Å². The molecule has 1 aliphatic carbocycles. The highest BCUT2D eigenvalue weighted by molar-refractivity contribution is 7.18. The molecule has 0 bridgehead atoms. The Hall–Kier alpha value is -2.42. The van der Waals surface area contributed by atoms with Crippen LogP contribution in [0.25, 0.3) is 10.2 Å². The number of nitrogens with zero attached hydrogens (tertiary/aromatic N) is 2. The van der Waals surface area contributed by atoms with Crippen molar-refractivity contribution >= 4 is 21.6 Å². The van der Waals surface area contributed by atoms with Crippen LogP contribution >= 0.6 is 11.3 Å². The highest BCUT2D eigenvalue weighted by Gasteiger charge is 2.24. The van der Waals surface area contributed by atoms with Crippen molar-refractivity contribution in [3.8, 4) is 11.5 Å². The fourth-order valence-electron chi connectivity index (χ4n) is 4.35. The molecular formula is C23H26N2O5S. The molecule has 1 aromatic carbocycles. The zero-order valence-electron chi connectivity index (χ0n) is 17.7. The first-order chi connectivity index (χ1) is 15.0. The number of benzene rings is 1. The van der Waals surface area contributed by atoms with Crippen molar-refractivity contribution < 1.29 is 19.3 Å². The molecule has 0 saturated heterocycles. The molecule has 7 nitrogen and oxygen atoms in total. The van der Waals surface area contributed by atoms with Gasteiger partial charge in [-0.1, -0.05) is 13.0 Å². The molecule has 0 saturated carbocycles. The molecule has 0 unspecified atom stereocenters. The van der Waals surface area contributed by atoms with Gasteiger partial charge in [-0.3, -0.25) is 9.36 Å². The van der Waals surface area contributed by atoms with E-state index >= 15 is 0 Å². The summed E-state index contributed by atoms with van der Waals surface area (Å²) in [5, 5.41) is 11.3. The fraction of sp³-hybridized carbons (Fsp3) is 0.478. The summed E-state index contributed by atoms with van der Waals surface area (Å²) in [7, 11) is 0. The number of thiophene rings is 1. The average Bonchev–Trinajstić information content (AvgIpc) is 3.34. The molecular weight excluding hydrogens is 416 g/mol. The van der Waals surface area contributed by atoms with Crippen LogP contribution in [-0.4, -0.2) is 34.2 Å². The maximum Gasteiger partial charge on any atom is 0.262 e. The fourth-order valence-corrected chi connectivity index (χ4v) is 5.77. The number of aliphatic hydroxyl groups is 1. The van der Waals surface area contributed by atoms with Gasteiger partial charge in [-0.15, -0.1) is 11.3 Å². The SMILES string of the molecule is Cc1nc2sc3c(c2c(=O)n1C[C@@H](O)COCc1ccc2c(c1)OCO2)CC[C@@H](C)C3. The Labute approximate surface area is 184 Å². The van der Waals surface area contributed by atoms with Crippen molar-refractivity contribution in [1.29, 1.82) is 0 Å². The number of rotatable bonds is 6. The van der Waals surface area contributed by atoms with E-state index in [1.54, 1.807) is 15.9 Å². The summed E-state index contributed by atoms with van der Waals surface area (Å²) in [5.41, 5.74) is 2.05. The van der Waals surface area contributed by atoms with E-state index in [1.807, 2.05) is 25.1 Å². The number of aromatic nitrogens is 2. The van der Waals surface area contributed by atoms with E-state index < -0.39 is 6.10 Å². The van der Waals surface area contributed by atoms with E-state index in [9.17, 15) is 9.90 Å². The third kappa shape index (κ3) is 3.95. The lowest BCUT2D eigenvalue weighted by atomic mass is 9.89. The number of aliphatic hydroxyl groups excluding tert-OH is 1. The summed E-state index contributed by atoms with van der Waals surface area (Å²) in [4.78, 5) is 20.1. The minimum atomic E-state index is -0.806. The molecule has 3 aromatic rings. The van der Waals surface area contributed by atoms with Gasteiger partial charge >= 0.3 is 0 Å². The zero-order chi connectivity index (χ0) is 21.5. The molecule has 31 heavy (non-hydrogen) atoms. The largest absolute Gasteiger partial charge is 0.454 e. The molecule has 5 rings (SSSR count). The normalized spacial score (nSPS) is 18.4. The Bertz CT molecular complexity index is 1180. The minimum absolute atomic E-state index is 0.0515. The second kappa shape index (κ2) is 8.26. The average molecular weight is 443 g/mol. The van der Waals surface area contributed by atoms with Crippen molar-refractivity contribution in [2.24, 2.45) is 5.92 Å². The van der Waals surface area contributed by atoms with Crippen molar-refractivity contribution in [2.45, 2.75) is 52.4 Å². The quantitative estimate of drug-likeness (QED) is 0.631. The Balaban J connectivity index is 1.28. The predicted octanol–water partition coefficient (Wildman–Crippen LogP) is 3.20.